The summed E-state index contributed by atoms with van der Waals surface area (Å²) in [6.45, 7) is 11.4. The summed E-state index contributed by atoms with van der Waals surface area (Å²) < 4.78 is 6.95. The Hall–Kier alpha value is -2.03. The molecule has 1 aromatic heterocycles. The molecule has 0 unspecified atom stereocenters. The summed E-state index contributed by atoms with van der Waals surface area (Å²) in [4.78, 5) is 12.2. The number of fused-ring (bicyclic) bond motifs is 1. The van der Waals surface area contributed by atoms with E-state index in [0.717, 1.165) is 22.0 Å². The fraction of sp³-hybridized carbons (Fsp3) is 0.312. The molecule has 0 N–H and O–H groups in total. The summed E-state index contributed by atoms with van der Waals surface area (Å²) in [5, 5.41) is 1.01. The molecule has 3 heteroatoms. The molecule has 0 saturated heterocycles. The van der Waals surface area contributed by atoms with E-state index in [1.54, 1.807) is 12.3 Å². The molecule has 0 radical (unpaired) electrons. The van der Waals surface area contributed by atoms with E-state index in [1.807, 2.05) is 45.9 Å². The third-order valence-electron chi connectivity index (χ3n) is 2.80. The van der Waals surface area contributed by atoms with Gasteiger partial charge in [0.2, 0.25) is 0 Å². The lowest BCUT2D eigenvalue weighted by Gasteiger charge is -2.19. The molecule has 1 aromatic carbocycles. The van der Waals surface area contributed by atoms with E-state index in [-0.39, 0.29) is 6.09 Å². The normalized spacial score (nSPS) is 11.6. The van der Waals surface area contributed by atoms with Gasteiger partial charge in [-0.2, -0.15) is 0 Å². The summed E-state index contributed by atoms with van der Waals surface area (Å²) in [7, 11) is 0. The summed E-state index contributed by atoms with van der Waals surface area (Å²) in [5.74, 6) is 0. The Morgan fingerprint density at radius 3 is 2.63 bits per heavy atom. The van der Waals surface area contributed by atoms with Crippen LogP contribution in [0.4, 0.5) is 4.79 Å². The smallest absolute Gasteiger partial charge is 0.419 e. The van der Waals surface area contributed by atoms with Gasteiger partial charge in [0.25, 0.3) is 0 Å². The fourth-order valence-electron chi connectivity index (χ4n) is 1.99. The van der Waals surface area contributed by atoms with Gasteiger partial charge in [-0.1, -0.05) is 24.3 Å². The molecule has 0 aliphatic carbocycles. The first-order chi connectivity index (χ1) is 8.81. The number of aryl methyl sites for hydroxylation is 1. The molecule has 2 aromatic rings. The summed E-state index contributed by atoms with van der Waals surface area (Å²) in [6.07, 6.45) is 3.16. The minimum absolute atomic E-state index is 0.366. The second kappa shape index (κ2) is 4.57. The molecule has 1 heterocycles. The van der Waals surface area contributed by atoms with Crippen molar-refractivity contribution in [1.29, 1.82) is 0 Å². The Balaban J connectivity index is 2.55. The number of carbonyl (C=O) groups excluding carboxylic acids is 1. The van der Waals surface area contributed by atoms with E-state index in [2.05, 4.69) is 6.58 Å². The minimum atomic E-state index is -0.507. The highest BCUT2D eigenvalue weighted by Gasteiger charge is 2.20. The van der Waals surface area contributed by atoms with Gasteiger partial charge in [0, 0.05) is 17.1 Å². The molecule has 0 aliphatic heterocycles. The van der Waals surface area contributed by atoms with Crippen LogP contribution in [0.5, 0.6) is 0 Å². The van der Waals surface area contributed by atoms with Crippen LogP contribution < -0.4 is 0 Å². The number of benzene rings is 1. The Kier molecular flexibility index (Phi) is 3.23. The van der Waals surface area contributed by atoms with Gasteiger partial charge in [0.1, 0.15) is 5.60 Å². The Morgan fingerprint density at radius 1 is 1.37 bits per heavy atom. The van der Waals surface area contributed by atoms with Crippen LogP contribution in [-0.4, -0.2) is 16.3 Å². The summed E-state index contributed by atoms with van der Waals surface area (Å²) >= 11 is 0. The second-order valence-corrected chi connectivity index (χ2v) is 5.66. The molecule has 0 bridgehead atoms. The van der Waals surface area contributed by atoms with Crippen molar-refractivity contribution in [1.82, 2.24) is 4.57 Å². The average Bonchev–Trinajstić information content (AvgIpc) is 2.64. The van der Waals surface area contributed by atoms with Crippen molar-refractivity contribution in [2.45, 2.75) is 33.3 Å². The zero-order valence-electron chi connectivity index (χ0n) is 11.9. The van der Waals surface area contributed by atoms with E-state index in [0.29, 0.717) is 0 Å². The highest BCUT2D eigenvalue weighted by molar-refractivity contribution is 5.95. The van der Waals surface area contributed by atoms with Crippen LogP contribution in [0.2, 0.25) is 0 Å². The molecule has 100 valence electrons. The van der Waals surface area contributed by atoms with Crippen molar-refractivity contribution in [3.05, 3.63) is 42.1 Å². The SMILES string of the molecule is C=Cc1cn(C(=O)OC(C)(C)C)c2ccc(C)cc12. The number of carbonyl (C=O) groups is 1. The number of nitrogens with zero attached hydrogens (tertiary/aromatic N) is 1. The number of hydrogen-bond donors (Lipinski definition) is 0. The predicted molar refractivity (Wildman–Crippen MR) is 78.4 cm³/mol. The van der Waals surface area contributed by atoms with E-state index in [9.17, 15) is 4.79 Å². The lowest BCUT2D eigenvalue weighted by molar-refractivity contribution is 0.0544. The Bertz CT molecular complexity index is 645. The molecule has 0 fully saturated rings. The lowest BCUT2D eigenvalue weighted by Crippen LogP contribution is -2.26. The van der Waals surface area contributed by atoms with Crippen LogP contribution in [0.1, 0.15) is 31.9 Å². The van der Waals surface area contributed by atoms with Crippen molar-refractivity contribution in [2.24, 2.45) is 0 Å². The maximum Gasteiger partial charge on any atom is 0.419 e. The number of rotatable bonds is 1. The third-order valence-corrected chi connectivity index (χ3v) is 2.80. The van der Waals surface area contributed by atoms with Crippen LogP contribution in [-0.2, 0) is 4.74 Å². The average molecular weight is 257 g/mol. The van der Waals surface area contributed by atoms with Crippen molar-refractivity contribution in [2.75, 3.05) is 0 Å². The molecular formula is C16H19NO2. The van der Waals surface area contributed by atoms with E-state index in [1.165, 1.54) is 4.57 Å². The molecule has 0 saturated carbocycles. The quantitative estimate of drug-likeness (QED) is 0.759. The Morgan fingerprint density at radius 2 is 2.05 bits per heavy atom. The maximum absolute atomic E-state index is 12.2. The second-order valence-electron chi connectivity index (χ2n) is 5.66. The van der Waals surface area contributed by atoms with E-state index in [4.69, 9.17) is 4.74 Å². The Labute approximate surface area is 113 Å². The number of hydrogen-bond acceptors (Lipinski definition) is 2. The summed E-state index contributed by atoms with van der Waals surface area (Å²) in [6, 6.07) is 5.96. The van der Waals surface area contributed by atoms with Crippen molar-refractivity contribution in [3.63, 3.8) is 0 Å². The highest BCUT2D eigenvalue weighted by Crippen LogP contribution is 2.24. The zero-order valence-corrected chi connectivity index (χ0v) is 11.9. The maximum atomic E-state index is 12.2. The molecule has 19 heavy (non-hydrogen) atoms. The highest BCUT2D eigenvalue weighted by atomic mass is 16.6. The predicted octanol–water partition coefficient (Wildman–Crippen LogP) is 4.38. The van der Waals surface area contributed by atoms with Crippen LogP contribution in [0.15, 0.2) is 31.0 Å². The monoisotopic (exact) mass is 257 g/mol. The molecule has 3 nitrogen and oxygen atoms in total. The molecule has 0 aliphatic rings. The lowest BCUT2D eigenvalue weighted by atomic mass is 10.1. The number of aromatic nitrogens is 1. The van der Waals surface area contributed by atoms with Crippen molar-refractivity contribution in [3.8, 4) is 0 Å². The first kappa shape index (κ1) is 13.4. The first-order valence-electron chi connectivity index (χ1n) is 6.29. The zero-order chi connectivity index (χ0) is 14.2. The molecule has 0 amide bonds. The van der Waals surface area contributed by atoms with Gasteiger partial charge in [0.15, 0.2) is 0 Å². The first-order valence-corrected chi connectivity index (χ1v) is 6.29. The van der Waals surface area contributed by atoms with Crippen LogP contribution >= 0.6 is 0 Å². The van der Waals surface area contributed by atoms with Gasteiger partial charge in [-0.3, -0.25) is 4.57 Å². The van der Waals surface area contributed by atoms with Gasteiger partial charge in [-0.05, 0) is 39.8 Å². The summed E-state index contributed by atoms with van der Waals surface area (Å²) in [5.41, 5.74) is 2.42. The molecule has 0 atom stereocenters. The van der Waals surface area contributed by atoms with Crippen LogP contribution in [0.25, 0.3) is 17.0 Å². The molecule has 0 spiro atoms. The molecule has 2 rings (SSSR count). The molecular weight excluding hydrogens is 238 g/mol. The van der Waals surface area contributed by atoms with Gasteiger partial charge in [-0.15, -0.1) is 0 Å². The van der Waals surface area contributed by atoms with Gasteiger partial charge in [0.05, 0.1) is 5.52 Å². The van der Waals surface area contributed by atoms with Gasteiger partial charge < -0.3 is 4.74 Å². The topological polar surface area (TPSA) is 31.2 Å². The van der Waals surface area contributed by atoms with E-state index < -0.39 is 5.60 Å². The van der Waals surface area contributed by atoms with Crippen molar-refractivity contribution < 1.29 is 9.53 Å². The van der Waals surface area contributed by atoms with Crippen molar-refractivity contribution >= 4 is 23.1 Å². The van der Waals surface area contributed by atoms with E-state index >= 15 is 0 Å². The largest absolute Gasteiger partial charge is 0.443 e. The van der Waals surface area contributed by atoms with Crippen LogP contribution in [0, 0.1) is 6.92 Å². The number of ether oxygens (including phenoxy) is 1. The standard InChI is InChI=1S/C16H19NO2/c1-6-12-10-17(15(18)19-16(3,4)5)14-8-7-11(2)9-13(12)14/h6-10H,1H2,2-5H3. The minimum Gasteiger partial charge on any atom is -0.443 e. The van der Waals surface area contributed by atoms with Gasteiger partial charge in [-0.25, -0.2) is 4.79 Å². The fourth-order valence-corrected chi connectivity index (χ4v) is 1.99. The van der Waals surface area contributed by atoms with Gasteiger partial charge >= 0.3 is 6.09 Å². The van der Waals surface area contributed by atoms with Crippen LogP contribution in [0.3, 0.4) is 0 Å². The third kappa shape index (κ3) is 2.70.